The van der Waals surface area contributed by atoms with Crippen molar-refractivity contribution in [2.45, 2.75) is 78.6 Å². The monoisotopic (exact) mass is 364 g/mol. The molecule has 2 aromatic rings. The van der Waals surface area contributed by atoms with Crippen molar-refractivity contribution in [1.82, 2.24) is 0 Å². The molecule has 0 nitrogen and oxygen atoms in total. The fraction of sp³-hybridized carbons (Fsp3) is 0.481. The molecule has 0 saturated carbocycles. The maximum absolute atomic E-state index is 4.29. The fourth-order valence-corrected chi connectivity index (χ4v) is 3.63. The summed E-state index contributed by atoms with van der Waals surface area (Å²) in [5, 5.41) is 0. The minimum Gasteiger partial charge on any atom is -0.0992 e. The molecule has 0 heterocycles. The molecule has 2 aromatic carbocycles. The normalized spacial score (nSPS) is 11.6. The Balaban J connectivity index is 0.000000289. The molecule has 0 spiro atoms. The summed E-state index contributed by atoms with van der Waals surface area (Å²) in [7, 11) is 0. The van der Waals surface area contributed by atoms with E-state index in [1.54, 1.807) is 0 Å². The van der Waals surface area contributed by atoms with Gasteiger partial charge in [-0.2, -0.15) is 0 Å². The molecule has 0 fully saturated rings. The average Bonchev–Trinajstić information content (AvgIpc) is 2.70. The number of benzene rings is 2. The van der Waals surface area contributed by atoms with Gasteiger partial charge in [0.1, 0.15) is 0 Å². The molecule has 0 N–H and O–H groups in total. The third kappa shape index (κ3) is 9.61. The summed E-state index contributed by atoms with van der Waals surface area (Å²) in [4.78, 5) is 0. The Bertz CT molecular complexity index is 590. The summed E-state index contributed by atoms with van der Waals surface area (Å²) < 4.78 is 0. The Morgan fingerprint density at radius 3 is 1.70 bits per heavy atom. The van der Waals surface area contributed by atoms with Crippen LogP contribution in [0.3, 0.4) is 0 Å². The Morgan fingerprint density at radius 1 is 0.741 bits per heavy atom. The van der Waals surface area contributed by atoms with Gasteiger partial charge < -0.3 is 0 Å². The zero-order valence-corrected chi connectivity index (χ0v) is 18.1. The summed E-state index contributed by atoms with van der Waals surface area (Å²) in [6, 6.07) is 21.4. The summed E-state index contributed by atoms with van der Waals surface area (Å²) in [5.41, 5.74) is 4.27. The van der Waals surface area contributed by atoms with Crippen LogP contribution in [0.4, 0.5) is 0 Å². The van der Waals surface area contributed by atoms with Gasteiger partial charge in [-0.1, -0.05) is 120 Å². The fourth-order valence-electron chi connectivity index (χ4n) is 3.63. The van der Waals surface area contributed by atoms with Crippen molar-refractivity contribution in [2.75, 3.05) is 0 Å². The summed E-state index contributed by atoms with van der Waals surface area (Å²) >= 11 is 0. The van der Waals surface area contributed by atoms with E-state index >= 15 is 0 Å². The van der Waals surface area contributed by atoms with E-state index in [2.05, 4.69) is 94.9 Å². The quantitative estimate of drug-likeness (QED) is 0.370. The molecule has 27 heavy (non-hydrogen) atoms. The van der Waals surface area contributed by atoms with Crippen LogP contribution >= 0.6 is 0 Å². The molecule has 148 valence electrons. The Kier molecular flexibility index (Phi) is 12.3. The predicted molar refractivity (Wildman–Crippen MR) is 122 cm³/mol. The predicted octanol–water partition coefficient (Wildman–Crippen LogP) is 8.59. The van der Waals surface area contributed by atoms with Gasteiger partial charge >= 0.3 is 0 Å². The molecule has 1 unspecified atom stereocenters. The summed E-state index contributed by atoms with van der Waals surface area (Å²) in [6.07, 6.45) is 8.72. The molecule has 0 saturated heterocycles. The molecule has 0 aliphatic carbocycles. The van der Waals surface area contributed by atoms with Crippen molar-refractivity contribution in [3.8, 4) is 0 Å². The molecule has 0 bridgehead atoms. The van der Waals surface area contributed by atoms with E-state index in [4.69, 9.17) is 0 Å². The summed E-state index contributed by atoms with van der Waals surface area (Å²) in [6.45, 7) is 13.3. The van der Waals surface area contributed by atoms with Crippen molar-refractivity contribution < 1.29 is 0 Å². The lowest BCUT2D eigenvalue weighted by Gasteiger charge is -2.18. The Morgan fingerprint density at radius 2 is 1.22 bits per heavy atom. The van der Waals surface area contributed by atoms with Gasteiger partial charge in [0.2, 0.25) is 0 Å². The van der Waals surface area contributed by atoms with Gasteiger partial charge in [-0.3, -0.25) is 0 Å². The topological polar surface area (TPSA) is 0 Å². The highest BCUT2D eigenvalue weighted by Crippen LogP contribution is 2.24. The molecular formula is C27H40. The van der Waals surface area contributed by atoms with Gasteiger partial charge in [-0.15, -0.1) is 0 Å². The van der Waals surface area contributed by atoms with Gasteiger partial charge in [0.25, 0.3) is 0 Å². The van der Waals surface area contributed by atoms with Gasteiger partial charge in [0.15, 0.2) is 0 Å². The van der Waals surface area contributed by atoms with Crippen molar-refractivity contribution >= 4 is 0 Å². The van der Waals surface area contributed by atoms with Crippen LogP contribution < -0.4 is 0 Å². The van der Waals surface area contributed by atoms with Gasteiger partial charge in [-0.05, 0) is 48.6 Å². The molecule has 0 aliphatic rings. The maximum atomic E-state index is 4.29. The second kappa shape index (κ2) is 14.3. The Hall–Kier alpha value is -1.82. The smallest absolute Gasteiger partial charge is 0.00670 e. The summed E-state index contributed by atoms with van der Waals surface area (Å²) in [5.74, 6) is 1.44. The first kappa shape index (κ1) is 23.2. The van der Waals surface area contributed by atoms with Crippen LogP contribution in [0, 0.1) is 5.92 Å². The van der Waals surface area contributed by atoms with Crippen LogP contribution in [0.15, 0.2) is 72.8 Å². The highest BCUT2D eigenvalue weighted by Gasteiger charge is 2.10. The first-order valence-corrected chi connectivity index (χ1v) is 10.9. The minimum absolute atomic E-state index is 0.718. The zero-order valence-electron chi connectivity index (χ0n) is 18.1. The second-order valence-corrected chi connectivity index (χ2v) is 7.70. The van der Waals surface area contributed by atoms with E-state index in [0.717, 1.165) is 18.3 Å². The van der Waals surface area contributed by atoms with Crippen molar-refractivity contribution in [1.29, 1.82) is 0 Å². The molecular weight excluding hydrogens is 324 g/mol. The third-order valence-electron chi connectivity index (χ3n) is 5.22. The number of hydrogen-bond acceptors (Lipinski definition) is 0. The first-order chi connectivity index (χ1) is 13.1. The van der Waals surface area contributed by atoms with Gasteiger partial charge in [0.05, 0.1) is 0 Å². The van der Waals surface area contributed by atoms with E-state index in [0.29, 0.717) is 0 Å². The lowest BCUT2D eigenvalue weighted by Crippen LogP contribution is -2.05. The number of hydrogen-bond donors (Lipinski definition) is 0. The van der Waals surface area contributed by atoms with Crippen LogP contribution in [0.5, 0.6) is 0 Å². The number of rotatable bonds is 10. The van der Waals surface area contributed by atoms with Gasteiger partial charge in [0, 0.05) is 0 Å². The Labute approximate surface area is 168 Å². The lowest BCUT2D eigenvalue weighted by molar-refractivity contribution is 0.497. The first-order valence-electron chi connectivity index (χ1n) is 10.9. The molecule has 1 atom stereocenters. The molecule has 0 aliphatic heterocycles. The van der Waals surface area contributed by atoms with E-state index in [1.165, 1.54) is 55.2 Å². The maximum Gasteiger partial charge on any atom is -0.00670 e. The lowest BCUT2D eigenvalue weighted by atomic mass is 9.87. The largest absolute Gasteiger partial charge is 0.0992 e. The van der Waals surface area contributed by atoms with Crippen LogP contribution in [-0.2, 0) is 6.42 Å². The highest BCUT2D eigenvalue weighted by molar-refractivity contribution is 5.21. The van der Waals surface area contributed by atoms with Crippen molar-refractivity contribution in [3.05, 3.63) is 83.9 Å². The van der Waals surface area contributed by atoms with Crippen LogP contribution in [0.25, 0.3) is 0 Å². The average molecular weight is 365 g/mol. The molecule has 0 amide bonds. The highest BCUT2D eigenvalue weighted by atomic mass is 14.2. The van der Waals surface area contributed by atoms with Crippen molar-refractivity contribution in [2.24, 2.45) is 5.92 Å². The molecule has 0 aromatic heterocycles. The molecule has 0 heteroatoms. The van der Waals surface area contributed by atoms with Crippen LogP contribution in [0.2, 0.25) is 0 Å². The molecule has 2 rings (SSSR count). The van der Waals surface area contributed by atoms with Crippen LogP contribution in [-0.4, -0.2) is 0 Å². The van der Waals surface area contributed by atoms with Gasteiger partial charge in [-0.25, -0.2) is 0 Å². The SMILES string of the molecule is C=C(Cc1ccccc1)C(CCC)CCC.CCCC(C)c1ccccc1. The standard InChI is InChI=1S/C16H24.C11H16/c1-4-9-16(10-5-2)14(3)13-15-11-7-6-8-12-15;1-3-7-10(2)11-8-5-4-6-9-11/h6-8,11-12,16H,3-5,9-10,13H2,1-2H3;4-6,8-10H,3,7H2,1-2H3. The molecule has 0 radical (unpaired) electrons. The zero-order chi connectivity index (χ0) is 19.9. The number of allylic oxidation sites excluding steroid dienone is 1. The van der Waals surface area contributed by atoms with Crippen LogP contribution in [0.1, 0.15) is 83.3 Å². The minimum atomic E-state index is 0.718. The van der Waals surface area contributed by atoms with E-state index in [1.807, 2.05) is 0 Å². The van der Waals surface area contributed by atoms with E-state index in [9.17, 15) is 0 Å². The van der Waals surface area contributed by atoms with E-state index in [-0.39, 0.29) is 0 Å². The van der Waals surface area contributed by atoms with E-state index < -0.39 is 0 Å². The van der Waals surface area contributed by atoms with Crippen molar-refractivity contribution in [3.63, 3.8) is 0 Å². The second-order valence-electron chi connectivity index (χ2n) is 7.70. The third-order valence-corrected chi connectivity index (χ3v) is 5.22.